The number of hydrogen-bond acceptors (Lipinski definition) is 7. The minimum absolute atomic E-state index is 0.00624. The summed E-state index contributed by atoms with van der Waals surface area (Å²) in [5, 5.41) is 28.1. The highest BCUT2D eigenvalue weighted by atomic mass is 19.1. The molecule has 41 heavy (non-hydrogen) atoms. The molecule has 3 aliphatic carbocycles. The topological polar surface area (TPSA) is 114 Å². The maximum atomic E-state index is 14.0. The van der Waals surface area contributed by atoms with Gasteiger partial charge in [-0.25, -0.2) is 9.18 Å². The van der Waals surface area contributed by atoms with Crippen LogP contribution in [0.25, 0.3) is 11.3 Å². The van der Waals surface area contributed by atoms with Gasteiger partial charge in [-0.3, -0.25) is 9.48 Å². The van der Waals surface area contributed by atoms with Gasteiger partial charge in [0.2, 0.25) is 0 Å². The molecule has 1 spiro atoms. The van der Waals surface area contributed by atoms with Gasteiger partial charge in [-0.05, 0) is 86.1 Å². The fraction of sp³-hybridized carbons (Fsp3) is 0.594. The molecule has 1 aromatic heterocycles. The van der Waals surface area contributed by atoms with Crippen LogP contribution in [0.3, 0.4) is 0 Å². The molecule has 3 fully saturated rings. The van der Waals surface area contributed by atoms with Crippen molar-refractivity contribution in [2.75, 3.05) is 6.61 Å². The summed E-state index contributed by atoms with van der Waals surface area (Å²) in [6.45, 7) is 10.6. The molecule has 9 heteroatoms. The smallest absolute Gasteiger partial charge is 0.342 e. The SMILES string of the molecule is CCn1cc(C(=O)O[C@@H]2[C@H]3[C@@H](O)[C@@H](C)C[C@]3(O)C(=O)/C(C)=C/[C@@H]3[C@H](CC[C@]24CO4)C3(C)C)c(-c2ccc(F)cc2)n1. The third-order valence-electron chi connectivity index (χ3n) is 10.4. The van der Waals surface area contributed by atoms with Crippen molar-refractivity contribution < 1.29 is 33.7 Å². The lowest BCUT2D eigenvalue weighted by Gasteiger charge is -2.38. The van der Waals surface area contributed by atoms with Crippen LogP contribution in [0.1, 0.15) is 64.2 Å². The average molecular weight is 567 g/mol. The van der Waals surface area contributed by atoms with Gasteiger partial charge in [-0.1, -0.05) is 26.8 Å². The number of allylic oxidation sites excluding steroid dienone is 1. The zero-order valence-electron chi connectivity index (χ0n) is 24.3. The third kappa shape index (κ3) is 4.48. The summed E-state index contributed by atoms with van der Waals surface area (Å²) in [6.07, 6.45) is 2.84. The first-order chi connectivity index (χ1) is 19.3. The van der Waals surface area contributed by atoms with E-state index < -0.39 is 52.8 Å². The van der Waals surface area contributed by atoms with Crippen molar-refractivity contribution in [3.8, 4) is 11.3 Å². The first-order valence-corrected chi connectivity index (χ1v) is 14.6. The van der Waals surface area contributed by atoms with Crippen LogP contribution in [0.15, 0.2) is 42.1 Å². The van der Waals surface area contributed by atoms with Gasteiger partial charge < -0.3 is 19.7 Å². The van der Waals surface area contributed by atoms with Crippen molar-refractivity contribution >= 4 is 11.8 Å². The number of ether oxygens (including phenoxy) is 2. The Morgan fingerprint density at radius 1 is 1.27 bits per heavy atom. The molecule has 1 aromatic carbocycles. The summed E-state index contributed by atoms with van der Waals surface area (Å²) < 4.78 is 27.6. The van der Waals surface area contributed by atoms with Gasteiger partial charge in [-0.15, -0.1) is 0 Å². The number of rotatable bonds is 4. The predicted octanol–water partition coefficient (Wildman–Crippen LogP) is 4.33. The number of hydrogen-bond donors (Lipinski definition) is 2. The molecule has 1 saturated heterocycles. The van der Waals surface area contributed by atoms with E-state index in [1.54, 1.807) is 36.9 Å². The van der Waals surface area contributed by atoms with E-state index in [2.05, 4.69) is 18.9 Å². The van der Waals surface area contributed by atoms with E-state index >= 15 is 0 Å². The van der Waals surface area contributed by atoms with Crippen molar-refractivity contribution in [1.82, 2.24) is 9.78 Å². The zero-order chi connectivity index (χ0) is 29.5. The fourth-order valence-electron chi connectivity index (χ4n) is 7.60. The number of esters is 1. The van der Waals surface area contributed by atoms with Crippen molar-refractivity contribution in [1.29, 1.82) is 0 Å². The van der Waals surface area contributed by atoms with Crippen molar-refractivity contribution in [3.05, 3.63) is 53.5 Å². The third-order valence-corrected chi connectivity index (χ3v) is 10.4. The highest BCUT2D eigenvalue weighted by molar-refractivity contribution is 6.02. The number of benzene rings is 1. The Bertz CT molecular complexity index is 1410. The van der Waals surface area contributed by atoms with Crippen LogP contribution in [0.5, 0.6) is 0 Å². The summed E-state index contributed by atoms with van der Waals surface area (Å²) in [5.41, 5.74) is -1.29. The molecular weight excluding hydrogens is 527 g/mol. The van der Waals surface area contributed by atoms with Gasteiger partial charge in [0.1, 0.15) is 34.4 Å². The van der Waals surface area contributed by atoms with Crippen LogP contribution < -0.4 is 0 Å². The summed E-state index contributed by atoms with van der Waals surface area (Å²) in [5.74, 6) is -2.48. The first-order valence-electron chi connectivity index (χ1n) is 14.6. The molecule has 6 rings (SSSR count). The number of fused-ring (bicyclic) bond motifs is 2. The number of epoxide rings is 1. The number of aliphatic hydroxyl groups excluding tert-OH is 1. The van der Waals surface area contributed by atoms with Gasteiger partial charge in [-0.2, -0.15) is 5.10 Å². The van der Waals surface area contributed by atoms with Gasteiger partial charge >= 0.3 is 5.97 Å². The molecular formula is C32H39FN2O6. The molecule has 0 unspecified atom stereocenters. The first kappa shape index (κ1) is 28.2. The Hall–Kier alpha value is -2.88. The Morgan fingerprint density at radius 3 is 2.59 bits per heavy atom. The molecule has 2 N–H and O–H groups in total. The fourth-order valence-corrected chi connectivity index (χ4v) is 7.60. The second-order valence-corrected chi connectivity index (χ2v) is 13.2. The van der Waals surface area contributed by atoms with E-state index in [1.807, 2.05) is 13.0 Å². The molecule has 1 aliphatic heterocycles. The monoisotopic (exact) mass is 566 g/mol. The van der Waals surface area contributed by atoms with Crippen LogP contribution in [-0.2, 0) is 20.8 Å². The Kier molecular flexibility index (Phi) is 6.60. The van der Waals surface area contributed by atoms with Gasteiger partial charge in [0.05, 0.1) is 18.6 Å². The number of aryl methyl sites for hydroxylation is 1. The zero-order valence-corrected chi connectivity index (χ0v) is 24.3. The molecule has 0 amide bonds. The lowest BCUT2D eigenvalue weighted by Crippen LogP contribution is -2.56. The number of aromatic nitrogens is 2. The molecule has 2 saturated carbocycles. The van der Waals surface area contributed by atoms with Crippen LogP contribution >= 0.6 is 0 Å². The van der Waals surface area contributed by atoms with Crippen molar-refractivity contribution in [3.63, 3.8) is 0 Å². The number of ketones is 1. The van der Waals surface area contributed by atoms with Crippen LogP contribution in [0.4, 0.5) is 4.39 Å². The van der Waals surface area contributed by atoms with Crippen molar-refractivity contribution in [2.45, 2.75) is 83.8 Å². The number of nitrogens with zero attached hydrogens (tertiary/aromatic N) is 2. The number of carbonyl (C=O) groups is 2. The average Bonchev–Trinajstić information content (AvgIpc) is 3.71. The quantitative estimate of drug-likeness (QED) is 0.418. The van der Waals surface area contributed by atoms with Crippen LogP contribution in [0, 0.1) is 34.9 Å². The second kappa shape index (κ2) is 9.57. The summed E-state index contributed by atoms with van der Waals surface area (Å²) in [6, 6.07) is 5.71. The van der Waals surface area contributed by atoms with E-state index in [-0.39, 0.29) is 23.3 Å². The normalized spacial score (nSPS) is 38.8. The van der Waals surface area contributed by atoms with Crippen LogP contribution in [-0.4, -0.2) is 61.8 Å². The number of Topliss-reactive ketones (excluding diaryl/α,β-unsaturated/α-hetero) is 1. The molecule has 8 nitrogen and oxygen atoms in total. The number of aliphatic hydroxyl groups is 2. The lowest BCUT2D eigenvalue weighted by molar-refractivity contribution is -0.151. The van der Waals surface area contributed by atoms with E-state index in [9.17, 15) is 24.2 Å². The standard InChI is InChI=1S/C32H39FN2O6/c1-6-35-15-21(25(34-35)19-7-9-20(33)10-8-19)29(38)41-28-24-26(36)18(3)14-32(24,39)27(37)17(2)13-23-22(30(23,4)5)11-12-31(28)16-40-31/h7-10,13,15,18,22-24,26,28,36,39H,6,11-12,14,16H2,1-5H3/b17-13+/t18-,22-,23+,24+,26-,28+,31-,32+/m0/s1. The molecule has 4 aliphatic rings. The van der Waals surface area contributed by atoms with Gasteiger partial charge in [0.25, 0.3) is 0 Å². The van der Waals surface area contributed by atoms with E-state index in [1.165, 1.54) is 12.1 Å². The predicted molar refractivity (Wildman–Crippen MR) is 148 cm³/mol. The largest absolute Gasteiger partial charge is 0.455 e. The van der Waals surface area contributed by atoms with E-state index in [0.29, 0.717) is 42.3 Å². The number of halogens is 1. The Balaban J connectivity index is 1.42. The lowest BCUT2D eigenvalue weighted by atomic mass is 9.74. The van der Waals surface area contributed by atoms with Crippen molar-refractivity contribution in [2.24, 2.45) is 29.1 Å². The minimum Gasteiger partial charge on any atom is -0.455 e. The molecule has 0 radical (unpaired) electrons. The van der Waals surface area contributed by atoms with Gasteiger partial charge in [0.15, 0.2) is 5.78 Å². The highest BCUT2D eigenvalue weighted by Crippen LogP contribution is 2.63. The summed E-state index contributed by atoms with van der Waals surface area (Å²) in [7, 11) is 0. The van der Waals surface area contributed by atoms with E-state index in [0.717, 1.165) is 6.42 Å². The number of carbonyl (C=O) groups excluding carboxylic acids is 2. The summed E-state index contributed by atoms with van der Waals surface area (Å²) >= 11 is 0. The highest BCUT2D eigenvalue weighted by Gasteiger charge is 2.68. The van der Waals surface area contributed by atoms with E-state index in [4.69, 9.17) is 9.47 Å². The molecule has 2 heterocycles. The maximum Gasteiger partial charge on any atom is 0.342 e. The maximum absolute atomic E-state index is 14.0. The second-order valence-electron chi connectivity index (χ2n) is 13.2. The molecule has 0 bridgehead atoms. The molecule has 8 atom stereocenters. The van der Waals surface area contributed by atoms with Crippen LogP contribution in [0.2, 0.25) is 0 Å². The Labute approximate surface area is 239 Å². The summed E-state index contributed by atoms with van der Waals surface area (Å²) in [4.78, 5) is 27.9. The molecule has 220 valence electrons. The molecule has 2 aromatic rings. The Morgan fingerprint density at radius 2 is 1.95 bits per heavy atom. The van der Waals surface area contributed by atoms with Gasteiger partial charge in [0, 0.05) is 18.3 Å². The minimum atomic E-state index is -1.92.